The second-order valence-corrected chi connectivity index (χ2v) is 6.28. The zero-order valence-corrected chi connectivity index (χ0v) is 14.0. The highest BCUT2D eigenvalue weighted by Crippen LogP contribution is 2.21. The summed E-state index contributed by atoms with van der Waals surface area (Å²) < 4.78 is 0.902. The summed E-state index contributed by atoms with van der Waals surface area (Å²) in [6.07, 6.45) is 1.25. The van der Waals surface area contributed by atoms with Gasteiger partial charge in [-0.05, 0) is 51.5 Å². The van der Waals surface area contributed by atoms with E-state index in [0.717, 1.165) is 16.6 Å². The minimum Gasteiger partial charge on any atom is -0.325 e. The number of anilines is 1. The number of hydrogen-bond donors (Lipinski definition) is 1. The third kappa shape index (κ3) is 4.71. The van der Waals surface area contributed by atoms with Gasteiger partial charge in [-0.25, -0.2) is 0 Å². The summed E-state index contributed by atoms with van der Waals surface area (Å²) in [5.41, 5.74) is 3.34. The molecule has 0 heterocycles. The molecule has 1 N–H and O–H groups in total. The Morgan fingerprint density at radius 2 is 1.76 bits per heavy atom. The molecule has 1 amide bonds. The summed E-state index contributed by atoms with van der Waals surface area (Å²) in [5, 5.41) is 2.92. The summed E-state index contributed by atoms with van der Waals surface area (Å²) >= 11 is 3.43. The first-order valence-corrected chi connectivity index (χ1v) is 7.99. The lowest BCUT2D eigenvalue weighted by Gasteiger charge is -2.08. The van der Waals surface area contributed by atoms with E-state index in [4.69, 9.17) is 0 Å². The maximum absolute atomic E-state index is 12.0. The van der Waals surface area contributed by atoms with E-state index in [1.54, 1.807) is 0 Å². The molecule has 0 spiro atoms. The minimum atomic E-state index is 0.0369. The zero-order chi connectivity index (χ0) is 15.2. The Morgan fingerprint density at radius 3 is 2.38 bits per heavy atom. The monoisotopic (exact) mass is 345 g/mol. The van der Waals surface area contributed by atoms with Crippen molar-refractivity contribution in [3.05, 3.63) is 64.1 Å². The van der Waals surface area contributed by atoms with Gasteiger partial charge >= 0.3 is 0 Å². The van der Waals surface area contributed by atoms with Gasteiger partial charge in [0, 0.05) is 10.9 Å². The van der Waals surface area contributed by atoms with Crippen molar-refractivity contribution in [2.45, 2.75) is 32.6 Å². The molecule has 0 fully saturated rings. The molecule has 21 heavy (non-hydrogen) atoms. The molecule has 0 bridgehead atoms. The van der Waals surface area contributed by atoms with Gasteiger partial charge < -0.3 is 5.32 Å². The van der Waals surface area contributed by atoms with Crippen molar-refractivity contribution in [3.8, 4) is 0 Å². The number of benzene rings is 2. The van der Waals surface area contributed by atoms with Crippen LogP contribution in [-0.2, 0) is 11.2 Å². The Morgan fingerprint density at radius 1 is 1.10 bits per heavy atom. The van der Waals surface area contributed by atoms with Gasteiger partial charge in [0.05, 0.1) is 5.69 Å². The number of carbonyl (C=O) groups is 1. The van der Waals surface area contributed by atoms with Crippen molar-refractivity contribution in [2.75, 3.05) is 5.32 Å². The van der Waals surface area contributed by atoms with Crippen molar-refractivity contribution < 1.29 is 4.79 Å². The Labute approximate surface area is 134 Å². The van der Waals surface area contributed by atoms with Gasteiger partial charge in [-0.1, -0.05) is 50.2 Å². The fourth-order valence-electron chi connectivity index (χ4n) is 2.10. The van der Waals surface area contributed by atoms with Crippen LogP contribution in [-0.4, -0.2) is 5.91 Å². The Hall–Kier alpha value is -1.61. The van der Waals surface area contributed by atoms with E-state index in [1.807, 2.05) is 24.3 Å². The first kappa shape index (κ1) is 15.8. The highest BCUT2D eigenvalue weighted by atomic mass is 79.9. The van der Waals surface area contributed by atoms with E-state index < -0.39 is 0 Å². The summed E-state index contributed by atoms with van der Waals surface area (Å²) in [7, 11) is 0. The zero-order valence-electron chi connectivity index (χ0n) is 12.4. The molecule has 0 aliphatic heterocycles. The van der Waals surface area contributed by atoms with Gasteiger partial charge in [-0.3, -0.25) is 4.79 Å². The molecule has 0 saturated heterocycles. The van der Waals surface area contributed by atoms with E-state index in [1.165, 1.54) is 11.1 Å². The average Bonchev–Trinajstić information content (AvgIpc) is 2.48. The van der Waals surface area contributed by atoms with Crippen LogP contribution in [0.3, 0.4) is 0 Å². The maximum atomic E-state index is 12.0. The molecule has 0 saturated carbocycles. The SMILES string of the molecule is CC(C)c1ccc(CCC(=O)Nc2ccccc2Br)cc1. The molecule has 0 aliphatic rings. The summed E-state index contributed by atoms with van der Waals surface area (Å²) in [6, 6.07) is 16.2. The van der Waals surface area contributed by atoms with Crippen LogP contribution in [0.5, 0.6) is 0 Å². The van der Waals surface area contributed by atoms with E-state index in [9.17, 15) is 4.79 Å². The van der Waals surface area contributed by atoms with Gasteiger partial charge in [0.2, 0.25) is 5.91 Å². The molecule has 0 radical (unpaired) electrons. The maximum Gasteiger partial charge on any atom is 0.224 e. The van der Waals surface area contributed by atoms with Crippen LogP contribution in [0.2, 0.25) is 0 Å². The predicted molar refractivity (Wildman–Crippen MR) is 91.6 cm³/mol. The van der Waals surface area contributed by atoms with E-state index in [-0.39, 0.29) is 5.91 Å². The Bertz CT molecular complexity index is 605. The third-order valence-electron chi connectivity index (χ3n) is 3.44. The van der Waals surface area contributed by atoms with Crippen molar-refractivity contribution in [3.63, 3.8) is 0 Å². The van der Waals surface area contributed by atoms with Gasteiger partial charge in [0.1, 0.15) is 0 Å². The number of amides is 1. The number of hydrogen-bond acceptors (Lipinski definition) is 1. The molecule has 2 aromatic rings. The Balaban J connectivity index is 1.88. The predicted octanol–water partition coefficient (Wildman–Crippen LogP) is 5.14. The number of carbonyl (C=O) groups excluding carboxylic acids is 1. The number of rotatable bonds is 5. The van der Waals surface area contributed by atoms with Gasteiger partial charge in [0.15, 0.2) is 0 Å². The number of halogens is 1. The van der Waals surface area contributed by atoms with Crippen molar-refractivity contribution in [2.24, 2.45) is 0 Å². The van der Waals surface area contributed by atoms with Crippen LogP contribution < -0.4 is 5.32 Å². The lowest BCUT2D eigenvalue weighted by atomic mass is 10.0. The lowest BCUT2D eigenvalue weighted by molar-refractivity contribution is -0.116. The smallest absolute Gasteiger partial charge is 0.224 e. The van der Waals surface area contributed by atoms with Crippen LogP contribution in [0.4, 0.5) is 5.69 Å². The molecule has 0 aromatic heterocycles. The fourth-order valence-corrected chi connectivity index (χ4v) is 2.49. The first-order chi connectivity index (χ1) is 10.1. The lowest BCUT2D eigenvalue weighted by Crippen LogP contribution is -2.12. The normalized spacial score (nSPS) is 10.7. The summed E-state index contributed by atoms with van der Waals surface area (Å²) in [4.78, 5) is 12.0. The second kappa shape index (κ2) is 7.41. The van der Waals surface area contributed by atoms with Gasteiger partial charge in [-0.15, -0.1) is 0 Å². The largest absolute Gasteiger partial charge is 0.325 e. The molecule has 2 aromatic carbocycles. The van der Waals surface area contributed by atoms with Crippen LogP contribution >= 0.6 is 15.9 Å². The molecule has 2 nitrogen and oxygen atoms in total. The summed E-state index contributed by atoms with van der Waals surface area (Å²) in [6.45, 7) is 4.36. The number of para-hydroxylation sites is 1. The fraction of sp³-hybridized carbons (Fsp3) is 0.278. The first-order valence-electron chi connectivity index (χ1n) is 7.19. The standard InChI is InChI=1S/C18H20BrNO/c1-13(2)15-10-7-14(8-11-15)9-12-18(21)20-17-6-4-3-5-16(17)19/h3-8,10-11,13H,9,12H2,1-2H3,(H,20,21). The van der Waals surface area contributed by atoms with E-state index in [2.05, 4.69) is 59.4 Å². The van der Waals surface area contributed by atoms with Crippen LogP contribution in [0.15, 0.2) is 53.0 Å². The molecule has 3 heteroatoms. The molecular weight excluding hydrogens is 326 g/mol. The average molecular weight is 346 g/mol. The van der Waals surface area contributed by atoms with Crippen molar-refractivity contribution in [1.29, 1.82) is 0 Å². The van der Waals surface area contributed by atoms with Gasteiger partial charge in [0.25, 0.3) is 0 Å². The third-order valence-corrected chi connectivity index (χ3v) is 4.13. The van der Waals surface area contributed by atoms with Crippen LogP contribution in [0.1, 0.15) is 37.3 Å². The Kier molecular flexibility index (Phi) is 5.57. The van der Waals surface area contributed by atoms with Crippen molar-refractivity contribution >= 4 is 27.5 Å². The molecule has 0 aliphatic carbocycles. The minimum absolute atomic E-state index is 0.0369. The highest BCUT2D eigenvalue weighted by Gasteiger charge is 2.06. The van der Waals surface area contributed by atoms with E-state index in [0.29, 0.717) is 12.3 Å². The van der Waals surface area contributed by atoms with E-state index >= 15 is 0 Å². The molecule has 0 atom stereocenters. The molecular formula is C18H20BrNO. The highest BCUT2D eigenvalue weighted by molar-refractivity contribution is 9.10. The van der Waals surface area contributed by atoms with Crippen molar-refractivity contribution in [1.82, 2.24) is 0 Å². The quantitative estimate of drug-likeness (QED) is 0.798. The molecule has 110 valence electrons. The topological polar surface area (TPSA) is 29.1 Å². The summed E-state index contributed by atoms with van der Waals surface area (Å²) in [5.74, 6) is 0.576. The molecule has 2 rings (SSSR count). The van der Waals surface area contributed by atoms with Gasteiger partial charge in [-0.2, -0.15) is 0 Å². The second-order valence-electron chi connectivity index (χ2n) is 5.42. The number of aryl methyl sites for hydroxylation is 1. The molecule has 0 unspecified atom stereocenters. The van der Waals surface area contributed by atoms with Crippen LogP contribution in [0.25, 0.3) is 0 Å². The van der Waals surface area contributed by atoms with Crippen LogP contribution in [0, 0.1) is 0 Å². The number of nitrogens with one attached hydrogen (secondary N) is 1.